The fraction of sp³-hybridized carbons (Fsp3) is 0.409. The van der Waals surface area contributed by atoms with Crippen molar-refractivity contribution in [3.63, 3.8) is 0 Å². The Morgan fingerprint density at radius 1 is 0.929 bits per heavy atom. The van der Waals surface area contributed by atoms with Gasteiger partial charge in [0, 0.05) is 38.3 Å². The van der Waals surface area contributed by atoms with Crippen LogP contribution in [0.5, 0.6) is 11.5 Å². The van der Waals surface area contributed by atoms with Crippen molar-refractivity contribution in [2.45, 2.75) is 6.04 Å². The molecule has 0 radical (unpaired) electrons. The first-order chi connectivity index (χ1) is 13.6. The lowest BCUT2D eigenvalue weighted by Gasteiger charge is -2.38. The quantitative estimate of drug-likeness (QED) is 0.796. The van der Waals surface area contributed by atoms with Gasteiger partial charge in [-0.3, -0.25) is 9.69 Å². The van der Waals surface area contributed by atoms with Crippen molar-refractivity contribution in [3.05, 3.63) is 59.7 Å². The standard InChI is InChI=1S/C22H29N3O3/c1-24-12-14-25(15-13-24)21(17-4-8-19(27-2)9-5-17)16-23-22(26)18-6-10-20(28-3)11-7-18/h4-11,21H,12-16H2,1-3H3,(H,23,26). The van der Waals surface area contributed by atoms with E-state index in [9.17, 15) is 4.79 Å². The Kier molecular flexibility index (Phi) is 6.90. The number of rotatable bonds is 7. The zero-order valence-corrected chi connectivity index (χ0v) is 16.9. The minimum absolute atomic E-state index is 0.0738. The van der Waals surface area contributed by atoms with Gasteiger partial charge in [0.05, 0.1) is 20.3 Å². The molecule has 0 saturated carbocycles. The van der Waals surface area contributed by atoms with Gasteiger partial charge in [0.1, 0.15) is 11.5 Å². The van der Waals surface area contributed by atoms with Crippen molar-refractivity contribution in [2.24, 2.45) is 0 Å². The highest BCUT2D eigenvalue weighted by molar-refractivity contribution is 5.94. The third-order valence-electron chi connectivity index (χ3n) is 5.29. The molecule has 28 heavy (non-hydrogen) atoms. The molecule has 1 amide bonds. The van der Waals surface area contributed by atoms with Crippen molar-refractivity contribution < 1.29 is 14.3 Å². The van der Waals surface area contributed by atoms with Gasteiger partial charge in [-0.1, -0.05) is 12.1 Å². The SMILES string of the molecule is COc1ccc(C(=O)NCC(c2ccc(OC)cc2)N2CCN(C)CC2)cc1. The monoisotopic (exact) mass is 383 g/mol. The van der Waals surface area contributed by atoms with E-state index in [1.165, 1.54) is 5.56 Å². The lowest BCUT2D eigenvalue weighted by molar-refractivity contribution is 0.0886. The summed E-state index contributed by atoms with van der Waals surface area (Å²) in [6, 6.07) is 15.4. The van der Waals surface area contributed by atoms with Crippen LogP contribution < -0.4 is 14.8 Å². The number of nitrogens with one attached hydrogen (secondary N) is 1. The number of carbonyl (C=O) groups excluding carboxylic acids is 1. The van der Waals surface area contributed by atoms with Gasteiger partial charge in [0.25, 0.3) is 5.91 Å². The zero-order chi connectivity index (χ0) is 19.9. The normalized spacial score (nSPS) is 16.4. The van der Waals surface area contributed by atoms with Crippen LogP contribution in [-0.2, 0) is 0 Å². The number of benzene rings is 2. The maximum Gasteiger partial charge on any atom is 0.251 e. The predicted molar refractivity (Wildman–Crippen MR) is 110 cm³/mol. The molecule has 1 unspecified atom stereocenters. The Balaban J connectivity index is 1.71. The number of carbonyl (C=O) groups is 1. The van der Waals surface area contributed by atoms with E-state index in [0.717, 1.165) is 37.7 Å². The summed E-state index contributed by atoms with van der Waals surface area (Å²) in [4.78, 5) is 17.4. The summed E-state index contributed by atoms with van der Waals surface area (Å²) >= 11 is 0. The number of nitrogens with zero attached hydrogens (tertiary/aromatic N) is 2. The van der Waals surface area contributed by atoms with Gasteiger partial charge in [-0.15, -0.1) is 0 Å². The fourth-order valence-electron chi connectivity index (χ4n) is 3.45. The second kappa shape index (κ2) is 9.57. The van der Waals surface area contributed by atoms with Crippen LogP contribution >= 0.6 is 0 Å². The summed E-state index contributed by atoms with van der Waals surface area (Å²) in [7, 11) is 5.43. The summed E-state index contributed by atoms with van der Waals surface area (Å²) in [5.41, 5.74) is 1.81. The second-order valence-corrected chi connectivity index (χ2v) is 7.07. The minimum Gasteiger partial charge on any atom is -0.497 e. The van der Waals surface area contributed by atoms with Gasteiger partial charge in [0.2, 0.25) is 0 Å². The molecule has 0 aliphatic carbocycles. The Morgan fingerprint density at radius 3 is 2.00 bits per heavy atom. The number of amides is 1. The molecule has 1 aliphatic rings. The first-order valence-corrected chi connectivity index (χ1v) is 9.59. The van der Waals surface area contributed by atoms with Crippen LogP contribution in [-0.4, -0.2) is 69.7 Å². The van der Waals surface area contributed by atoms with Gasteiger partial charge < -0.3 is 19.7 Å². The molecule has 6 nitrogen and oxygen atoms in total. The highest BCUT2D eigenvalue weighted by Crippen LogP contribution is 2.24. The zero-order valence-electron chi connectivity index (χ0n) is 16.9. The van der Waals surface area contributed by atoms with Crippen LogP contribution in [0.1, 0.15) is 22.0 Å². The Labute approximate surface area is 167 Å². The van der Waals surface area contributed by atoms with Crippen molar-refractivity contribution in [2.75, 3.05) is 54.0 Å². The third-order valence-corrected chi connectivity index (χ3v) is 5.29. The molecule has 0 aromatic heterocycles. The topological polar surface area (TPSA) is 54.0 Å². The van der Waals surface area contributed by atoms with E-state index in [4.69, 9.17) is 9.47 Å². The Morgan fingerprint density at radius 2 is 1.46 bits per heavy atom. The molecule has 3 rings (SSSR count). The van der Waals surface area contributed by atoms with E-state index in [1.807, 2.05) is 12.1 Å². The number of methoxy groups -OCH3 is 2. The lowest BCUT2D eigenvalue weighted by Crippen LogP contribution is -2.48. The first-order valence-electron chi connectivity index (χ1n) is 9.59. The van der Waals surface area contributed by atoms with Gasteiger partial charge in [0.15, 0.2) is 0 Å². The van der Waals surface area contributed by atoms with Gasteiger partial charge >= 0.3 is 0 Å². The summed E-state index contributed by atoms with van der Waals surface area (Å²) in [6.45, 7) is 4.57. The molecule has 150 valence electrons. The Hall–Kier alpha value is -2.57. The summed E-state index contributed by atoms with van der Waals surface area (Å²) in [6.07, 6.45) is 0. The molecule has 0 bridgehead atoms. The average molecular weight is 383 g/mol. The molecule has 0 spiro atoms. The lowest BCUT2D eigenvalue weighted by atomic mass is 10.0. The molecule has 2 aromatic rings. The van der Waals surface area contributed by atoms with E-state index in [1.54, 1.807) is 38.5 Å². The minimum atomic E-state index is -0.0738. The van der Waals surface area contributed by atoms with E-state index in [2.05, 4.69) is 34.3 Å². The van der Waals surface area contributed by atoms with Crippen LogP contribution in [0.2, 0.25) is 0 Å². The van der Waals surface area contributed by atoms with Crippen LogP contribution in [0.15, 0.2) is 48.5 Å². The maximum atomic E-state index is 12.6. The Bertz CT molecular complexity index is 754. The smallest absolute Gasteiger partial charge is 0.251 e. The second-order valence-electron chi connectivity index (χ2n) is 7.07. The van der Waals surface area contributed by atoms with Crippen molar-refractivity contribution in [1.29, 1.82) is 0 Å². The van der Waals surface area contributed by atoms with Crippen LogP contribution in [0, 0.1) is 0 Å². The summed E-state index contributed by atoms with van der Waals surface area (Å²) < 4.78 is 10.4. The fourth-order valence-corrected chi connectivity index (χ4v) is 3.45. The highest BCUT2D eigenvalue weighted by atomic mass is 16.5. The van der Waals surface area contributed by atoms with E-state index in [-0.39, 0.29) is 11.9 Å². The van der Waals surface area contributed by atoms with Crippen LogP contribution in [0.3, 0.4) is 0 Å². The van der Waals surface area contributed by atoms with E-state index in [0.29, 0.717) is 12.1 Å². The van der Waals surface area contributed by atoms with E-state index < -0.39 is 0 Å². The van der Waals surface area contributed by atoms with Crippen molar-refractivity contribution in [1.82, 2.24) is 15.1 Å². The number of hydrogen-bond acceptors (Lipinski definition) is 5. The first kappa shape index (κ1) is 20.2. The molecular formula is C22H29N3O3. The van der Waals surface area contributed by atoms with Crippen LogP contribution in [0.4, 0.5) is 0 Å². The van der Waals surface area contributed by atoms with Crippen molar-refractivity contribution >= 4 is 5.91 Å². The predicted octanol–water partition coefficient (Wildman–Crippen LogP) is 2.42. The third kappa shape index (κ3) is 5.03. The molecule has 1 heterocycles. The molecule has 6 heteroatoms. The molecule has 1 saturated heterocycles. The molecule has 2 aromatic carbocycles. The summed E-state index contributed by atoms with van der Waals surface area (Å²) in [5.74, 6) is 1.50. The van der Waals surface area contributed by atoms with Gasteiger partial charge in [-0.05, 0) is 49.0 Å². The molecule has 1 fully saturated rings. The molecule has 1 atom stereocenters. The number of ether oxygens (including phenoxy) is 2. The molecule has 1 N–H and O–H groups in total. The number of piperazine rings is 1. The highest BCUT2D eigenvalue weighted by Gasteiger charge is 2.24. The molecule has 1 aliphatic heterocycles. The molecular weight excluding hydrogens is 354 g/mol. The average Bonchev–Trinajstić information content (AvgIpc) is 2.75. The number of hydrogen-bond donors (Lipinski definition) is 1. The van der Waals surface area contributed by atoms with Gasteiger partial charge in [-0.2, -0.15) is 0 Å². The summed E-state index contributed by atoms with van der Waals surface area (Å²) in [5, 5.41) is 3.11. The van der Waals surface area contributed by atoms with E-state index >= 15 is 0 Å². The maximum absolute atomic E-state index is 12.6. The van der Waals surface area contributed by atoms with Gasteiger partial charge in [-0.25, -0.2) is 0 Å². The largest absolute Gasteiger partial charge is 0.497 e. The van der Waals surface area contributed by atoms with Crippen molar-refractivity contribution in [3.8, 4) is 11.5 Å². The van der Waals surface area contributed by atoms with Crippen LogP contribution in [0.25, 0.3) is 0 Å². The number of likely N-dealkylation sites (N-methyl/N-ethyl adjacent to an activating group) is 1.